The number of hydrogen-bond donors (Lipinski definition) is 0. The number of aromatic nitrogens is 2. The molecule has 1 aliphatic heterocycles. The molecule has 0 unspecified atom stereocenters. The smallest absolute Gasteiger partial charge is 0.160 e. The highest BCUT2D eigenvalue weighted by Gasteiger charge is 2.52. The zero-order valence-electron chi connectivity index (χ0n) is 36.5. The van der Waals surface area contributed by atoms with Crippen LogP contribution in [0.25, 0.3) is 78.1 Å². The number of fused-ring (bicyclic) bond motifs is 11. The molecule has 2 aliphatic rings. The van der Waals surface area contributed by atoms with Crippen molar-refractivity contribution in [2.45, 2.75) is 24.7 Å². The highest BCUT2D eigenvalue weighted by atomic mass is 16.5. The minimum absolute atomic E-state index is 0.284. The number of para-hydroxylation sites is 4. The van der Waals surface area contributed by atoms with Gasteiger partial charge in [0, 0.05) is 49.6 Å². The van der Waals surface area contributed by atoms with Crippen LogP contribution in [0.1, 0.15) is 47.2 Å². The molecule has 0 atom stereocenters. The highest BCUT2D eigenvalue weighted by molar-refractivity contribution is 6.09. The number of benzene rings is 9. The molecule has 0 fully saturated rings. The number of nitrogens with zero attached hydrogens (tertiary/aromatic N) is 2. The van der Waals surface area contributed by atoms with E-state index >= 15 is 0 Å². The van der Waals surface area contributed by atoms with Gasteiger partial charge in [-0.25, -0.2) is 9.97 Å². The van der Waals surface area contributed by atoms with E-state index in [2.05, 4.69) is 214 Å². The minimum atomic E-state index is -0.558. The second-order valence-corrected chi connectivity index (χ2v) is 18.0. The van der Waals surface area contributed by atoms with Crippen LogP contribution in [0.5, 0.6) is 11.5 Å². The molecule has 0 N–H and O–H groups in total. The third kappa shape index (κ3) is 5.71. The molecule has 0 bridgehead atoms. The van der Waals surface area contributed by atoms with Crippen molar-refractivity contribution in [3.8, 4) is 67.7 Å². The van der Waals surface area contributed by atoms with Crippen molar-refractivity contribution in [1.29, 1.82) is 0 Å². The van der Waals surface area contributed by atoms with Crippen molar-refractivity contribution in [3.05, 3.63) is 252 Å². The molecule has 0 saturated carbocycles. The van der Waals surface area contributed by atoms with E-state index < -0.39 is 5.41 Å². The molecule has 9 aromatic carbocycles. The van der Waals surface area contributed by atoms with E-state index in [4.69, 9.17) is 19.1 Å². The van der Waals surface area contributed by atoms with Gasteiger partial charge < -0.3 is 9.15 Å². The van der Waals surface area contributed by atoms with Crippen LogP contribution in [0.2, 0.25) is 0 Å². The van der Waals surface area contributed by atoms with E-state index in [1.54, 1.807) is 0 Å². The zero-order chi connectivity index (χ0) is 44.0. The average Bonchev–Trinajstić information content (AvgIpc) is 3.77. The first-order valence-electron chi connectivity index (χ1n) is 22.6. The van der Waals surface area contributed by atoms with E-state index in [0.29, 0.717) is 5.82 Å². The molecule has 13 rings (SSSR count). The highest BCUT2D eigenvalue weighted by Crippen LogP contribution is 2.61. The Morgan fingerprint density at radius 1 is 0.364 bits per heavy atom. The minimum Gasteiger partial charge on any atom is -0.457 e. The van der Waals surface area contributed by atoms with Crippen molar-refractivity contribution < 1.29 is 9.15 Å². The Morgan fingerprint density at radius 3 is 1.68 bits per heavy atom. The SMILES string of the molecule is CC1(C)c2ccccc2C2(c3ccccc3Oc3ccccc32)c2ccc(-c3cccc(-c4cc(-c5ccccc5)nc(-c5ccc(-c6cccc7c6oc6ccccc67)cc5)n4)c3)cc21. The third-order valence-corrected chi connectivity index (χ3v) is 14.0. The lowest BCUT2D eigenvalue weighted by Gasteiger charge is -2.50. The van der Waals surface area contributed by atoms with Gasteiger partial charge in [-0.3, -0.25) is 0 Å². The summed E-state index contributed by atoms with van der Waals surface area (Å²) in [4.78, 5) is 10.5. The summed E-state index contributed by atoms with van der Waals surface area (Å²) in [7, 11) is 0. The van der Waals surface area contributed by atoms with Crippen LogP contribution in [0, 0.1) is 0 Å². The third-order valence-electron chi connectivity index (χ3n) is 14.0. The van der Waals surface area contributed by atoms with Crippen LogP contribution in [0.4, 0.5) is 0 Å². The monoisotopic (exact) mass is 846 g/mol. The molecular formula is C62H42N2O2. The maximum absolute atomic E-state index is 6.64. The van der Waals surface area contributed by atoms with Gasteiger partial charge in [-0.15, -0.1) is 0 Å². The second kappa shape index (κ2) is 14.6. The topological polar surface area (TPSA) is 48.2 Å². The largest absolute Gasteiger partial charge is 0.457 e. The van der Waals surface area contributed by atoms with Gasteiger partial charge in [-0.05, 0) is 75.3 Å². The van der Waals surface area contributed by atoms with Crippen LogP contribution in [0.15, 0.2) is 223 Å². The molecule has 4 heteroatoms. The fourth-order valence-electron chi connectivity index (χ4n) is 10.9. The van der Waals surface area contributed by atoms with Crippen LogP contribution in [-0.2, 0) is 10.8 Å². The summed E-state index contributed by atoms with van der Waals surface area (Å²) in [5.74, 6) is 2.45. The van der Waals surface area contributed by atoms with Crippen LogP contribution >= 0.6 is 0 Å². The average molecular weight is 847 g/mol. The molecule has 1 spiro atoms. The van der Waals surface area contributed by atoms with Gasteiger partial charge in [0.2, 0.25) is 0 Å². The van der Waals surface area contributed by atoms with Crippen LogP contribution < -0.4 is 4.74 Å². The lowest BCUT2D eigenvalue weighted by atomic mass is 9.53. The predicted molar refractivity (Wildman–Crippen MR) is 267 cm³/mol. The van der Waals surface area contributed by atoms with E-state index in [0.717, 1.165) is 94.9 Å². The summed E-state index contributed by atoms with van der Waals surface area (Å²) in [5, 5.41) is 2.23. The predicted octanol–water partition coefficient (Wildman–Crippen LogP) is 15.8. The van der Waals surface area contributed by atoms with E-state index in [-0.39, 0.29) is 5.41 Å². The summed E-state index contributed by atoms with van der Waals surface area (Å²) in [6, 6.07) is 77.7. The Bertz CT molecular complexity index is 3670. The first-order valence-corrected chi connectivity index (χ1v) is 22.6. The molecule has 2 aromatic heterocycles. The molecule has 0 radical (unpaired) electrons. The summed E-state index contributed by atoms with van der Waals surface area (Å²) < 4.78 is 13.0. The summed E-state index contributed by atoms with van der Waals surface area (Å²) in [5.41, 5.74) is 17.6. The fourth-order valence-corrected chi connectivity index (χ4v) is 10.9. The number of furan rings is 1. The summed E-state index contributed by atoms with van der Waals surface area (Å²) >= 11 is 0. The standard InChI is InChI=1S/C62H42N2O2/c1-61(2)48-23-7-8-24-49(48)62(51-25-9-12-28-57(51)65-58-29-13-10-26-52(58)62)50-35-34-43(37-53(50)61)42-18-14-19-44(36-42)55-38-54(40-16-4-3-5-17-40)63-60(64-55)41-32-30-39(31-33-41)45-21-15-22-47-46-20-6-11-27-56(46)66-59(45)47/h3-38H,1-2H3. The molecule has 11 aromatic rings. The van der Waals surface area contributed by atoms with Gasteiger partial charge in [-0.2, -0.15) is 0 Å². The van der Waals surface area contributed by atoms with Gasteiger partial charge in [-0.1, -0.05) is 196 Å². The molecule has 66 heavy (non-hydrogen) atoms. The summed E-state index contributed by atoms with van der Waals surface area (Å²) in [6.45, 7) is 4.74. The molecule has 3 heterocycles. The maximum Gasteiger partial charge on any atom is 0.160 e. The molecular weight excluding hydrogens is 805 g/mol. The van der Waals surface area contributed by atoms with Crippen molar-refractivity contribution in [3.63, 3.8) is 0 Å². The lowest BCUT2D eigenvalue weighted by Crippen LogP contribution is -2.43. The van der Waals surface area contributed by atoms with E-state index in [1.165, 1.54) is 22.3 Å². The quantitative estimate of drug-likeness (QED) is 0.173. The van der Waals surface area contributed by atoms with Crippen molar-refractivity contribution in [2.75, 3.05) is 0 Å². The number of ether oxygens (including phenoxy) is 1. The van der Waals surface area contributed by atoms with Crippen LogP contribution in [0.3, 0.4) is 0 Å². The first-order chi connectivity index (χ1) is 32.4. The second-order valence-electron chi connectivity index (χ2n) is 18.0. The molecule has 4 nitrogen and oxygen atoms in total. The number of rotatable bonds is 5. The molecule has 312 valence electrons. The number of hydrogen-bond acceptors (Lipinski definition) is 4. The van der Waals surface area contributed by atoms with Gasteiger partial charge >= 0.3 is 0 Å². The fraction of sp³-hybridized carbons (Fsp3) is 0.0645. The Morgan fingerprint density at radius 2 is 0.909 bits per heavy atom. The molecule has 0 saturated heterocycles. The molecule has 0 amide bonds. The van der Waals surface area contributed by atoms with Gasteiger partial charge in [0.25, 0.3) is 0 Å². The molecule has 1 aliphatic carbocycles. The van der Waals surface area contributed by atoms with E-state index in [9.17, 15) is 0 Å². The van der Waals surface area contributed by atoms with Crippen molar-refractivity contribution in [2.24, 2.45) is 0 Å². The van der Waals surface area contributed by atoms with Crippen molar-refractivity contribution >= 4 is 21.9 Å². The van der Waals surface area contributed by atoms with E-state index in [1.807, 2.05) is 18.2 Å². The normalized spacial score (nSPS) is 14.0. The zero-order valence-corrected chi connectivity index (χ0v) is 36.5. The van der Waals surface area contributed by atoms with Crippen LogP contribution in [-0.4, -0.2) is 9.97 Å². The Hall–Kier alpha value is -8.34. The Kier molecular flexibility index (Phi) is 8.44. The van der Waals surface area contributed by atoms with Crippen molar-refractivity contribution in [1.82, 2.24) is 9.97 Å². The maximum atomic E-state index is 6.64. The van der Waals surface area contributed by atoms with Gasteiger partial charge in [0.05, 0.1) is 16.8 Å². The lowest BCUT2D eigenvalue weighted by molar-refractivity contribution is 0.425. The van der Waals surface area contributed by atoms with Gasteiger partial charge in [0.15, 0.2) is 5.82 Å². The van der Waals surface area contributed by atoms with Gasteiger partial charge in [0.1, 0.15) is 22.7 Å². The first kappa shape index (κ1) is 38.1. The Balaban J connectivity index is 0.929. The summed E-state index contributed by atoms with van der Waals surface area (Å²) in [6.07, 6.45) is 0. The Labute approximate surface area is 383 Å².